The quantitative estimate of drug-likeness (QED) is 0.684. The van der Waals surface area contributed by atoms with Gasteiger partial charge in [0.2, 0.25) is 0 Å². The molecule has 0 spiro atoms. The SMILES string of the molecule is CCOC(=O)C1(C#N)CC2CC1[C@H](O)C2. The fourth-order valence-electron chi connectivity index (χ4n) is 3.09. The number of hydrogen-bond acceptors (Lipinski definition) is 4. The minimum absolute atomic E-state index is 0.216. The lowest BCUT2D eigenvalue weighted by Gasteiger charge is -2.31. The Morgan fingerprint density at radius 2 is 2.40 bits per heavy atom. The van der Waals surface area contributed by atoms with Crippen molar-refractivity contribution >= 4 is 5.97 Å². The Balaban J connectivity index is 2.24. The highest BCUT2D eigenvalue weighted by Gasteiger charge is 2.61. The molecule has 15 heavy (non-hydrogen) atoms. The van der Waals surface area contributed by atoms with Crippen LogP contribution in [0.2, 0.25) is 0 Å². The van der Waals surface area contributed by atoms with Crippen LogP contribution in [0.25, 0.3) is 0 Å². The second-order valence-electron chi connectivity index (χ2n) is 4.52. The van der Waals surface area contributed by atoms with Gasteiger partial charge in [-0.2, -0.15) is 5.26 Å². The van der Waals surface area contributed by atoms with Gasteiger partial charge in [-0.25, -0.2) is 0 Å². The van der Waals surface area contributed by atoms with E-state index in [4.69, 9.17) is 4.74 Å². The molecule has 0 radical (unpaired) electrons. The maximum absolute atomic E-state index is 11.8. The van der Waals surface area contributed by atoms with Gasteiger partial charge in [0.25, 0.3) is 0 Å². The molecule has 0 aromatic rings. The van der Waals surface area contributed by atoms with Gasteiger partial charge >= 0.3 is 5.97 Å². The predicted molar refractivity (Wildman–Crippen MR) is 51.5 cm³/mol. The van der Waals surface area contributed by atoms with Crippen LogP contribution in [0.1, 0.15) is 26.2 Å². The summed E-state index contributed by atoms with van der Waals surface area (Å²) in [5, 5.41) is 18.9. The first kappa shape index (κ1) is 10.4. The van der Waals surface area contributed by atoms with Gasteiger partial charge in [-0.15, -0.1) is 0 Å². The van der Waals surface area contributed by atoms with Gasteiger partial charge in [-0.3, -0.25) is 4.79 Å². The molecular weight excluding hydrogens is 194 g/mol. The highest BCUT2D eigenvalue weighted by molar-refractivity contribution is 5.81. The Labute approximate surface area is 88.8 Å². The average molecular weight is 209 g/mol. The third-order valence-electron chi connectivity index (χ3n) is 3.71. The molecule has 2 aliphatic carbocycles. The van der Waals surface area contributed by atoms with Gasteiger partial charge in [0.15, 0.2) is 5.41 Å². The number of rotatable bonds is 2. The Bertz CT molecular complexity index is 322. The summed E-state index contributed by atoms with van der Waals surface area (Å²) in [6.45, 7) is 2.02. The summed E-state index contributed by atoms with van der Waals surface area (Å²) in [7, 11) is 0. The Hall–Kier alpha value is -1.08. The Morgan fingerprint density at radius 1 is 1.67 bits per heavy atom. The van der Waals surface area contributed by atoms with Crippen LogP contribution >= 0.6 is 0 Å². The van der Waals surface area contributed by atoms with Gasteiger partial charge in [-0.05, 0) is 32.1 Å². The molecule has 0 aromatic heterocycles. The van der Waals surface area contributed by atoms with Crippen LogP contribution in [0.3, 0.4) is 0 Å². The van der Waals surface area contributed by atoms with E-state index in [0.717, 1.165) is 12.8 Å². The van der Waals surface area contributed by atoms with Crippen molar-refractivity contribution < 1.29 is 14.6 Å². The van der Waals surface area contributed by atoms with E-state index in [1.807, 2.05) is 0 Å². The zero-order valence-corrected chi connectivity index (χ0v) is 8.77. The van der Waals surface area contributed by atoms with Crippen molar-refractivity contribution in [2.75, 3.05) is 6.61 Å². The zero-order chi connectivity index (χ0) is 11.1. The number of esters is 1. The molecule has 4 heteroatoms. The van der Waals surface area contributed by atoms with Crippen LogP contribution in [0.15, 0.2) is 0 Å². The lowest BCUT2D eigenvalue weighted by molar-refractivity contribution is -0.157. The molecule has 2 bridgehead atoms. The molecule has 2 saturated carbocycles. The molecule has 0 saturated heterocycles. The van der Waals surface area contributed by atoms with E-state index < -0.39 is 17.5 Å². The first-order valence-corrected chi connectivity index (χ1v) is 5.40. The third kappa shape index (κ3) is 1.34. The molecule has 0 aliphatic heterocycles. The summed E-state index contributed by atoms with van der Waals surface area (Å²) in [6.07, 6.45) is 1.57. The van der Waals surface area contributed by atoms with Crippen LogP contribution in [-0.4, -0.2) is 23.8 Å². The number of carbonyl (C=O) groups excluding carboxylic acids is 1. The largest absolute Gasteiger partial charge is 0.465 e. The Kier molecular flexibility index (Phi) is 2.43. The van der Waals surface area contributed by atoms with Crippen molar-refractivity contribution in [3.8, 4) is 6.07 Å². The summed E-state index contributed by atoms with van der Waals surface area (Å²) < 4.78 is 4.95. The highest BCUT2D eigenvalue weighted by atomic mass is 16.5. The summed E-state index contributed by atoms with van der Waals surface area (Å²) in [5.74, 6) is -0.348. The molecule has 2 aliphatic rings. The van der Waals surface area contributed by atoms with Crippen molar-refractivity contribution in [1.29, 1.82) is 5.26 Å². The number of aliphatic hydroxyl groups is 1. The van der Waals surface area contributed by atoms with Crippen molar-refractivity contribution in [3.63, 3.8) is 0 Å². The van der Waals surface area contributed by atoms with Crippen molar-refractivity contribution in [2.45, 2.75) is 32.3 Å². The van der Waals surface area contributed by atoms with Crippen LogP contribution in [0.5, 0.6) is 0 Å². The fraction of sp³-hybridized carbons (Fsp3) is 0.818. The first-order valence-electron chi connectivity index (χ1n) is 5.40. The lowest BCUT2D eigenvalue weighted by atomic mass is 9.73. The van der Waals surface area contributed by atoms with Crippen molar-refractivity contribution in [2.24, 2.45) is 17.3 Å². The second-order valence-corrected chi connectivity index (χ2v) is 4.52. The molecule has 82 valence electrons. The molecule has 0 heterocycles. The van der Waals surface area contributed by atoms with Crippen molar-refractivity contribution in [1.82, 2.24) is 0 Å². The standard InChI is InChI=1S/C11H15NO3/c1-2-15-10(14)11(6-12)5-7-3-8(11)9(13)4-7/h7-9,13H,2-5H2,1H3/t7?,8?,9-,11?/m1/s1. The fourth-order valence-corrected chi connectivity index (χ4v) is 3.09. The number of hydrogen-bond donors (Lipinski definition) is 1. The number of ether oxygens (including phenoxy) is 1. The van der Waals surface area contributed by atoms with Crippen LogP contribution in [-0.2, 0) is 9.53 Å². The van der Waals surface area contributed by atoms with E-state index >= 15 is 0 Å². The molecule has 3 unspecified atom stereocenters. The number of nitrogens with zero attached hydrogens (tertiary/aromatic N) is 1. The molecule has 2 fully saturated rings. The molecule has 1 N–H and O–H groups in total. The van der Waals surface area contributed by atoms with E-state index in [0.29, 0.717) is 12.3 Å². The maximum atomic E-state index is 11.8. The smallest absolute Gasteiger partial charge is 0.326 e. The van der Waals surface area contributed by atoms with E-state index in [1.165, 1.54) is 0 Å². The monoisotopic (exact) mass is 209 g/mol. The number of fused-ring (bicyclic) bond motifs is 2. The number of carbonyl (C=O) groups is 1. The summed E-state index contributed by atoms with van der Waals surface area (Å²) in [4.78, 5) is 11.8. The second kappa shape index (κ2) is 3.49. The van der Waals surface area contributed by atoms with Crippen LogP contribution < -0.4 is 0 Å². The minimum atomic E-state index is -1.07. The number of nitriles is 1. The van der Waals surface area contributed by atoms with Gasteiger partial charge < -0.3 is 9.84 Å². The summed E-state index contributed by atoms with van der Waals surface area (Å²) in [5.41, 5.74) is -1.07. The van der Waals surface area contributed by atoms with Crippen LogP contribution in [0.4, 0.5) is 0 Å². The highest BCUT2D eigenvalue weighted by Crippen LogP contribution is 2.56. The molecule has 0 amide bonds. The molecular formula is C11H15NO3. The summed E-state index contributed by atoms with van der Waals surface area (Å²) >= 11 is 0. The van der Waals surface area contributed by atoms with Crippen molar-refractivity contribution in [3.05, 3.63) is 0 Å². The van der Waals surface area contributed by atoms with E-state index in [-0.39, 0.29) is 12.5 Å². The van der Waals surface area contributed by atoms with E-state index in [9.17, 15) is 15.2 Å². The van der Waals surface area contributed by atoms with Gasteiger partial charge in [-0.1, -0.05) is 0 Å². The lowest BCUT2D eigenvalue weighted by Crippen LogP contribution is -2.42. The molecule has 2 rings (SSSR count). The normalized spacial score (nSPS) is 42.6. The topological polar surface area (TPSA) is 70.3 Å². The molecule has 4 atom stereocenters. The summed E-state index contributed by atoms with van der Waals surface area (Å²) in [6, 6.07) is 2.09. The predicted octanol–water partition coefficient (Wildman–Crippen LogP) is 0.850. The maximum Gasteiger partial charge on any atom is 0.326 e. The number of aliphatic hydroxyl groups excluding tert-OH is 1. The Morgan fingerprint density at radius 3 is 2.87 bits per heavy atom. The first-order chi connectivity index (χ1) is 7.14. The van der Waals surface area contributed by atoms with E-state index in [1.54, 1.807) is 6.92 Å². The minimum Gasteiger partial charge on any atom is -0.465 e. The molecule has 0 aromatic carbocycles. The van der Waals surface area contributed by atoms with E-state index in [2.05, 4.69) is 6.07 Å². The average Bonchev–Trinajstić information content (AvgIpc) is 2.74. The van der Waals surface area contributed by atoms with Gasteiger partial charge in [0, 0.05) is 5.92 Å². The van der Waals surface area contributed by atoms with Crippen LogP contribution in [0, 0.1) is 28.6 Å². The zero-order valence-electron chi connectivity index (χ0n) is 8.77. The van der Waals surface area contributed by atoms with Gasteiger partial charge in [0.1, 0.15) is 0 Å². The molecule has 4 nitrogen and oxygen atoms in total. The third-order valence-corrected chi connectivity index (χ3v) is 3.71. The van der Waals surface area contributed by atoms with Gasteiger partial charge in [0.05, 0.1) is 18.8 Å².